The summed E-state index contributed by atoms with van der Waals surface area (Å²) >= 11 is 0. The van der Waals surface area contributed by atoms with E-state index >= 15 is 0 Å². The Morgan fingerprint density at radius 2 is 1.75 bits per heavy atom. The third kappa shape index (κ3) is 5.37. The van der Waals surface area contributed by atoms with E-state index in [-0.39, 0.29) is 41.7 Å². The molecule has 7 nitrogen and oxygen atoms in total. The van der Waals surface area contributed by atoms with Crippen LogP contribution < -0.4 is 14.2 Å². The van der Waals surface area contributed by atoms with E-state index in [1.807, 2.05) is 6.92 Å². The van der Waals surface area contributed by atoms with E-state index in [2.05, 4.69) is 11.8 Å². The molecule has 0 saturated carbocycles. The van der Waals surface area contributed by atoms with E-state index in [0.717, 1.165) is 5.56 Å². The zero-order valence-electron chi connectivity index (χ0n) is 18.8. The Morgan fingerprint density at radius 3 is 2.38 bits per heavy atom. The van der Waals surface area contributed by atoms with Crippen LogP contribution in [0.25, 0.3) is 0 Å². The van der Waals surface area contributed by atoms with E-state index in [9.17, 15) is 14.0 Å². The molecule has 2 aromatic rings. The van der Waals surface area contributed by atoms with Gasteiger partial charge in [0.1, 0.15) is 23.1 Å². The van der Waals surface area contributed by atoms with Crippen molar-refractivity contribution >= 4 is 12.2 Å². The molecule has 1 aliphatic rings. The number of nitrogens with zero attached hydrogens (tertiary/aromatic N) is 2. The van der Waals surface area contributed by atoms with Crippen LogP contribution in [-0.2, 0) is 11.3 Å². The predicted molar refractivity (Wildman–Crippen MR) is 118 cm³/mol. The number of methoxy groups -OCH3 is 2. The molecule has 1 fully saturated rings. The normalized spacial score (nSPS) is 18.8. The van der Waals surface area contributed by atoms with Crippen LogP contribution in [0.5, 0.6) is 17.2 Å². The smallest absolute Gasteiger partial charge is 0.260 e. The quantitative estimate of drug-likeness (QED) is 0.583. The Balaban J connectivity index is 1.64. The highest BCUT2D eigenvalue weighted by Gasteiger charge is 2.32. The highest BCUT2D eigenvalue weighted by Crippen LogP contribution is 2.33. The van der Waals surface area contributed by atoms with E-state index < -0.39 is 0 Å². The van der Waals surface area contributed by atoms with Crippen LogP contribution in [0.2, 0.25) is 0 Å². The monoisotopic (exact) mass is 444 g/mol. The first-order chi connectivity index (χ1) is 15.4. The minimum Gasteiger partial charge on any atom is -0.496 e. The molecule has 2 unspecified atom stereocenters. The highest BCUT2D eigenvalue weighted by atomic mass is 19.1. The Hall–Kier alpha value is -3.13. The lowest BCUT2D eigenvalue weighted by atomic mass is 10.1. The molecule has 1 amide bonds. The second-order valence-electron chi connectivity index (χ2n) is 7.95. The van der Waals surface area contributed by atoms with Gasteiger partial charge < -0.3 is 19.1 Å². The minimum atomic E-state index is -0.253. The molecule has 1 aliphatic heterocycles. The zero-order valence-corrected chi connectivity index (χ0v) is 18.8. The molecule has 2 atom stereocenters. The summed E-state index contributed by atoms with van der Waals surface area (Å²) in [5.41, 5.74) is 1.26. The summed E-state index contributed by atoms with van der Waals surface area (Å²) in [4.78, 5) is 28.5. The molecule has 172 valence electrons. The number of carbonyl (C=O) groups excluding carboxylic acids is 2. The number of hydrogen-bond donors (Lipinski definition) is 0. The summed E-state index contributed by atoms with van der Waals surface area (Å²) in [6.07, 6.45) is 0.636. The number of amides is 1. The van der Waals surface area contributed by atoms with Gasteiger partial charge in [0, 0.05) is 43.9 Å². The molecule has 2 aromatic carbocycles. The van der Waals surface area contributed by atoms with Crippen molar-refractivity contribution in [2.75, 3.05) is 33.9 Å². The van der Waals surface area contributed by atoms with Crippen LogP contribution >= 0.6 is 0 Å². The number of halogens is 1. The number of benzene rings is 2. The Kier molecular flexibility index (Phi) is 7.69. The maximum absolute atomic E-state index is 13.2. The van der Waals surface area contributed by atoms with Crippen LogP contribution in [0.15, 0.2) is 36.4 Å². The molecule has 3 rings (SSSR count). The molecule has 1 heterocycles. The van der Waals surface area contributed by atoms with Crippen molar-refractivity contribution in [3.63, 3.8) is 0 Å². The van der Waals surface area contributed by atoms with E-state index in [4.69, 9.17) is 14.2 Å². The number of piperazine rings is 1. The highest BCUT2D eigenvalue weighted by molar-refractivity contribution is 5.85. The molecule has 8 heteroatoms. The fraction of sp³-hybridized carbons (Fsp3) is 0.417. The molecule has 0 aliphatic carbocycles. The number of hydrogen-bond acceptors (Lipinski definition) is 6. The van der Waals surface area contributed by atoms with Crippen molar-refractivity contribution in [3.8, 4) is 17.2 Å². The average Bonchev–Trinajstić information content (AvgIpc) is 2.80. The summed E-state index contributed by atoms with van der Waals surface area (Å²) in [7, 11) is 2.95. The van der Waals surface area contributed by atoms with E-state index in [1.54, 1.807) is 29.2 Å². The summed E-state index contributed by atoms with van der Waals surface area (Å²) in [5, 5.41) is 0. The van der Waals surface area contributed by atoms with Gasteiger partial charge >= 0.3 is 0 Å². The van der Waals surface area contributed by atoms with Gasteiger partial charge in [-0.05, 0) is 31.5 Å². The van der Waals surface area contributed by atoms with Crippen molar-refractivity contribution < 1.29 is 28.2 Å². The molecule has 0 spiro atoms. The van der Waals surface area contributed by atoms with Crippen molar-refractivity contribution in [1.82, 2.24) is 9.80 Å². The molecule has 0 bridgehead atoms. The SMILES string of the molecule is COc1cc(OC)c(C=O)c(OCC(=O)N2CC(C)N(Cc3ccc(F)cc3)CC2C)c1. The fourth-order valence-electron chi connectivity index (χ4n) is 3.91. The van der Waals surface area contributed by atoms with E-state index in [0.29, 0.717) is 37.4 Å². The van der Waals surface area contributed by atoms with Gasteiger partial charge in [0.25, 0.3) is 5.91 Å². The van der Waals surface area contributed by atoms with Crippen LogP contribution in [-0.4, -0.2) is 68.0 Å². The van der Waals surface area contributed by atoms with Gasteiger partial charge in [0.05, 0.1) is 19.8 Å². The Bertz CT molecular complexity index is 950. The Morgan fingerprint density at radius 1 is 1.06 bits per heavy atom. The zero-order chi connectivity index (χ0) is 23.3. The molecule has 0 N–H and O–H groups in total. The van der Waals surface area contributed by atoms with Crippen molar-refractivity contribution in [2.45, 2.75) is 32.5 Å². The second kappa shape index (κ2) is 10.5. The molecule has 0 aromatic heterocycles. The number of rotatable bonds is 8. The summed E-state index contributed by atoms with van der Waals surface area (Å²) in [6, 6.07) is 9.74. The van der Waals surface area contributed by atoms with Gasteiger partial charge in [-0.3, -0.25) is 14.5 Å². The largest absolute Gasteiger partial charge is 0.496 e. The van der Waals surface area contributed by atoms with Gasteiger partial charge in [-0.2, -0.15) is 0 Å². The van der Waals surface area contributed by atoms with Crippen LogP contribution in [0, 0.1) is 5.82 Å². The number of ether oxygens (including phenoxy) is 3. The van der Waals surface area contributed by atoms with Gasteiger partial charge in [0.15, 0.2) is 12.9 Å². The number of aldehydes is 1. The molecular weight excluding hydrogens is 415 g/mol. The fourth-order valence-corrected chi connectivity index (χ4v) is 3.91. The first kappa shape index (κ1) is 23.5. The first-order valence-corrected chi connectivity index (χ1v) is 10.5. The topological polar surface area (TPSA) is 68.3 Å². The predicted octanol–water partition coefficient (Wildman–Crippen LogP) is 3.16. The lowest BCUT2D eigenvalue weighted by Crippen LogP contribution is -2.58. The van der Waals surface area contributed by atoms with Gasteiger partial charge in [-0.25, -0.2) is 4.39 Å². The van der Waals surface area contributed by atoms with Crippen LogP contribution in [0.4, 0.5) is 4.39 Å². The molecule has 32 heavy (non-hydrogen) atoms. The minimum absolute atomic E-state index is 0.0202. The van der Waals surface area contributed by atoms with Crippen LogP contribution in [0.1, 0.15) is 29.8 Å². The van der Waals surface area contributed by atoms with Gasteiger partial charge in [-0.15, -0.1) is 0 Å². The third-order valence-electron chi connectivity index (χ3n) is 5.74. The van der Waals surface area contributed by atoms with Gasteiger partial charge in [0.2, 0.25) is 0 Å². The molecule has 0 radical (unpaired) electrons. The lowest BCUT2D eigenvalue weighted by molar-refractivity contribution is -0.139. The molecule has 1 saturated heterocycles. The summed E-state index contributed by atoms with van der Waals surface area (Å²) in [5.74, 6) is 0.603. The standard InChI is InChI=1S/C24H29FN2O5/c1-16-12-27(17(2)11-26(16)13-18-5-7-19(25)8-6-18)24(29)15-32-23-10-20(30-3)9-22(31-4)21(23)14-28/h5-10,14,16-17H,11-13,15H2,1-4H3. The van der Waals surface area contributed by atoms with E-state index in [1.165, 1.54) is 26.4 Å². The maximum atomic E-state index is 13.2. The maximum Gasteiger partial charge on any atom is 0.260 e. The van der Waals surface area contributed by atoms with Crippen molar-refractivity contribution in [3.05, 3.63) is 53.3 Å². The van der Waals surface area contributed by atoms with Crippen molar-refractivity contribution in [1.29, 1.82) is 0 Å². The third-order valence-corrected chi connectivity index (χ3v) is 5.74. The summed E-state index contributed by atoms with van der Waals surface area (Å²) in [6.45, 7) is 5.78. The van der Waals surface area contributed by atoms with Crippen molar-refractivity contribution in [2.24, 2.45) is 0 Å². The lowest BCUT2D eigenvalue weighted by Gasteiger charge is -2.44. The Labute approximate surface area is 187 Å². The number of carbonyl (C=O) groups is 2. The molecular formula is C24H29FN2O5. The summed E-state index contributed by atoms with van der Waals surface area (Å²) < 4.78 is 29.3. The second-order valence-corrected chi connectivity index (χ2v) is 7.95. The van der Waals surface area contributed by atoms with Gasteiger partial charge in [-0.1, -0.05) is 12.1 Å². The van der Waals surface area contributed by atoms with Crippen LogP contribution in [0.3, 0.4) is 0 Å². The average molecular weight is 445 g/mol. The first-order valence-electron chi connectivity index (χ1n) is 10.5.